The summed E-state index contributed by atoms with van der Waals surface area (Å²) in [6, 6.07) is 0. The van der Waals surface area contributed by atoms with Crippen molar-refractivity contribution in [1.82, 2.24) is 5.32 Å². The van der Waals surface area contributed by atoms with E-state index in [0.717, 1.165) is 13.0 Å². The minimum Gasteiger partial charge on any atom is -0.355 e. The fraction of sp³-hybridized carbons (Fsp3) is 0.889. The van der Waals surface area contributed by atoms with Crippen LogP contribution >= 0.6 is 20.5 Å². The molecule has 1 amide bonds. The van der Waals surface area contributed by atoms with Crippen LogP contribution in [0.25, 0.3) is 0 Å². The molecule has 0 heterocycles. The summed E-state index contributed by atoms with van der Waals surface area (Å²) in [6.07, 6.45) is 0.780. The lowest BCUT2D eigenvalue weighted by atomic mass is 10.3. The number of phosphoric ester groups is 1. The second kappa shape index (κ2) is 8.14. The molecule has 0 unspecified atom stereocenters. The molecule has 3 N–H and O–H groups in total. The maximum atomic E-state index is 10.9. The molecule has 0 bridgehead atoms. The summed E-state index contributed by atoms with van der Waals surface area (Å²) in [5.74, 6) is 0.0717. The van der Waals surface area contributed by atoms with Gasteiger partial charge in [0.1, 0.15) is 13.2 Å². The van der Waals surface area contributed by atoms with Crippen molar-refractivity contribution in [2.24, 2.45) is 0 Å². The lowest BCUT2D eigenvalue weighted by Gasteiger charge is -2.29. The van der Waals surface area contributed by atoms with E-state index in [1.54, 1.807) is 0 Å². The molecule has 7 nitrogen and oxygen atoms in total. The Balaban J connectivity index is 3.73. The standard InChI is InChI=1S/C9H21N2O5PS/c1-11(2,6-7-16-17(13,14)15)5-3-4-10-9(12)8-18/h3-8H2,1-2H3,(H3-,10,12,13,14,15,18)/p+1. The molecule has 9 heteroatoms. The van der Waals surface area contributed by atoms with E-state index >= 15 is 0 Å². The Kier molecular flexibility index (Phi) is 8.09. The average molecular weight is 301 g/mol. The van der Waals surface area contributed by atoms with E-state index in [9.17, 15) is 9.36 Å². The first kappa shape index (κ1) is 17.9. The van der Waals surface area contributed by atoms with E-state index in [0.29, 0.717) is 17.6 Å². The molecule has 108 valence electrons. The smallest absolute Gasteiger partial charge is 0.355 e. The van der Waals surface area contributed by atoms with Gasteiger partial charge in [0.15, 0.2) is 0 Å². The number of likely N-dealkylation sites (N-methyl/N-ethyl adjacent to an activating group) is 1. The van der Waals surface area contributed by atoms with Gasteiger partial charge in [0.25, 0.3) is 0 Å². The van der Waals surface area contributed by atoms with E-state index in [-0.39, 0.29) is 18.3 Å². The van der Waals surface area contributed by atoms with Crippen molar-refractivity contribution in [3.05, 3.63) is 0 Å². The number of rotatable bonds is 9. The molecule has 0 aromatic rings. The third-order valence-corrected chi connectivity index (χ3v) is 3.17. The third kappa shape index (κ3) is 11.0. The molecule has 0 fully saturated rings. The van der Waals surface area contributed by atoms with Crippen LogP contribution in [0.1, 0.15) is 6.42 Å². The molecular formula is C9H22N2O5PS+. The van der Waals surface area contributed by atoms with Crippen molar-refractivity contribution >= 4 is 26.4 Å². The first-order chi connectivity index (χ1) is 8.16. The SMILES string of the molecule is C[N+](C)(CCCNC(=O)CS)CCOP(=O)(O)O. The largest absolute Gasteiger partial charge is 0.469 e. The highest BCUT2D eigenvalue weighted by Gasteiger charge is 2.19. The van der Waals surface area contributed by atoms with E-state index < -0.39 is 7.82 Å². The van der Waals surface area contributed by atoms with Crippen molar-refractivity contribution in [2.45, 2.75) is 6.42 Å². The molecule has 0 saturated heterocycles. The number of amides is 1. The molecule has 0 aliphatic carbocycles. The van der Waals surface area contributed by atoms with E-state index in [1.165, 1.54) is 0 Å². The van der Waals surface area contributed by atoms with Crippen molar-refractivity contribution in [1.29, 1.82) is 0 Å². The Labute approximate surface area is 113 Å². The minimum absolute atomic E-state index is 0.000275. The summed E-state index contributed by atoms with van der Waals surface area (Å²) in [5, 5.41) is 2.70. The van der Waals surface area contributed by atoms with Gasteiger partial charge in [-0.2, -0.15) is 12.6 Å². The maximum Gasteiger partial charge on any atom is 0.469 e. The molecule has 0 radical (unpaired) electrons. The fourth-order valence-corrected chi connectivity index (χ4v) is 1.74. The number of thiol groups is 1. The number of nitrogens with one attached hydrogen (secondary N) is 1. The Morgan fingerprint density at radius 3 is 2.50 bits per heavy atom. The summed E-state index contributed by atoms with van der Waals surface area (Å²) in [4.78, 5) is 28.0. The Hall–Kier alpha value is -0.110. The quantitative estimate of drug-likeness (QED) is 0.201. The third-order valence-electron chi connectivity index (χ3n) is 2.36. The molecule has 0 atom stereocenters. The predicted octanol–water partition coefficient (Wildman–Crippen LogP) is -0.392. The zero-order chi connectivity index (χ0) is 14.2. The Morgan fingerprint density at radius 2 is 2.00 bits per heavy atom. The highest BCUT2D eigenvalue weighted by Crippen LogP contribution is 2.35. The number of quaternary nitrogens is 1. The zero-order valence-corrected chi connectivity index (χ0v) is 12.5. The van der Waals surface area contributed by atoms with Crippen LogP contribution in [0.3, 0.4) is 0 Å². The number of phosphoric acid groups is 1. The minimum atomic E-state index is -4.38. The van der Waals surface area contributed by atoms with Crippen LogP contribution in [0.15, 0.2) is 0 Å². The van der Waals surface area contributed by atoms with Gasteiger partial charge in [-0.25, -0.2) is 4.57 Å². The molecule has 0 rings (SSSR count). The van der Waals surface area contributed by atoms with Gasteiger partial charge in [-0.3, -0.25) is 9.32 Å². The van der Waals surface area contributed by atoms with Crippen molar-refractivity contribution in [3.63, 3.8) is 0 Å². The second-order valence-corrected chi connectivity index (χ2v) is 6.12. The summed E-state index contributed by atoms with van der Waals surface area (Å²) >= 11 is 3.84. The molecule has 0 aromatic heterocycles. The van der Waals surface area contributed by atoms with Crippen molar-refractivity contribution in [2.75, 3.05) is 46.1 Å². The van der Waals surface area contributed by atoms with Crippen LogP contribution in [-0.4, -0.2) is 66.3 Å². The van der Waals surface area contributed by atoms with Crippen LogP contribution in [0.5, 0.6) is 0 Å². The van der Waals surface area contributed by atoms with Crippen LogP contribution < -0.4 is 5.32 Å². The zero-order valence-electron chi connectivity index (χ0n) is 10.7. The number of carbonyl (C=O) groups is 1. The van der Waals surface area contributed by atoms with Gasteiger partial charge in [-0.1, -0.05) is 0 Å². The van der Waals surface area contributed by atoms with E-state index in [2.05, 4.69) is 22.5 Å². The summed E-state index contributed by atoms with van der Waals surface area (Å²) < 4.78 is 15.5. The molecule has 18 heavy (non-hydrogen) atoms. The van der Waals surface area contributed by atoms with E-state index in [1.807, 2.05) is 14.1 Å². The first-order valence-corrected chi connectivity index (χ1v) is 7.72. The molecule has 0 aromatic carbocycles. The summed E-state index contributed by atoms with van der Waals surface area (Å²) in [5.41, 5.74) is 0. The lowest BCUT2D eigenvalue weighted by molar-refractivity contribution is -0.890. The maximum absolute atomic E-state index is 10.9. The number of hydrogen-bond donors (Lipinski definition) is 4. The first-order valence-electron chi connectivity index (χ1n) is 5.56. The second-order valence-electron chi connectivity index (χ2n) is 4.57. The number of hydrogen-bond acceptors (Lipinski definition) is 4. The van der Waals surface area contributed by atoms with Gasteiger partial charge in [0, 0.05) is 13.0 Å². The van der Waals surface area contributed by atoms with Crippen LogP contribution in [-0.2, 0) is 13.9 Å². The van der Waals surface area contributed by atoms with E-state index in [4.69, 9.17) is 9.79 Å². The van der Waals surface area contributed by atoms with Gasteiger partial charge in [0.05, 0.1) is 26.4 Å². The highest BCUT2D eigenvalue weighted by atomic mass is 32.1. The highest BCUT2D eigenvalue weighted by molar-refractivity contribution is 7.81. The summed E-state index contributed by atoms with van der Waals surface area (Å²) in [6.45, 7) is 1.84. The molecule has 0 aliphatic rings. The van der Waals surface area contributed by atoms with Crippen LogP contribution in [0.4, 0.5) is 0 Å². The average Bonchev–Trinajstić information content (AvgIpc) is 2.21. The molecular weight excluding hydrogens is 279 g/mol. The van der Waals surface area contributed by atoms with Crippen molar-refractivity contribution < 1.29 is 28.2 Å². The van der Waals surface area contributed by atoms with Gasteiger partial charge in [0.2, 0.25) is 5.91 Å². The predicted molar refractivity (Wildman–Crippen MR) is 71.3 cm³/mol. The van der Waals surface area contributed by atoms with Gasteiger partial charge in [-0.05, 0) is 0 Å². The molecule has 0 aliphatic heterocycles. The topological polar surface area (TPSA) is 95.9 Å². The Morgan fingerprint density at radius 1 is 1.39 bits per heavy atom. The molecule has 0 saturated carbocycles. The molecule has 0 spiro atoms. The number of carbonyl (C=O) groups excluding carboxylic acids is 1. The van der Waals surface area contributed by atoms with Gasteiger partial charge < -0.3 is 19.6 Å². The van der Waals surface area contributed by atoms with Crippen LogP contribution in [0.2, 0.25) is 0 Å². The number of nitrogens with zero attached hydrogens (tertiary/aromatic N) is 1. The lowest BCUT2D eigenvalue weighted by Crippen LogP contribution is -2.44. The normalized spacial score (nSPS) is 12.5. The van der Waals surface area contributed by atoms with Gasteiger partial charge >= 0.3 is 7.82 Å². The van der Waals surface area contributed by atoms with Crippen molar-refractivity contribution in [3.8, 4) is 0 Å². The summed E-state index contributed by atoms with van der Waals surface area (Å²) in [7, 11) is -0.508. The fourth-order valence-electron chi connectivity index (χ4n) is 1.31. The monoisotopic (exact) mass is 301 g/mol. The Bertz CT molecular complexity index is 307. The van der Waals surface area contributed by atoms with Crippen LogP contribution in [0, 0.1) is 0 Å². The van der Waals surface area contributed by atoms with Gasteiger partial charge in [-0.15, -0.1) is 0 Å².